The maximum Gasteiger partial charge on any atom is 0.230 e. The number of fused-ring (bicyclic) bond motifs is 1. The van der Waals surface area contributed by atoms with E-state index in [0.717, 1.165) is 44.1 Å². The highest BCUT2D eigenvalue weighted by molar-refractivity contribution is 7.16. The van der Waals surface area contributed by atoms with Crippen LogP contribution in [-0.4, -0.2) is 29.3 Å². The van der Waals surface area contributed by atoms with Crippen LogP contribution >= 0.6 is 11.3 Å². The Kier molecular flexibility index (Phi) is 4.99. The Labute approximate surface area is 158 Å². The van der Waals surface area contributed by atoms with Crippen molar-refractivity contribution in [2.45, 2.75) is 70.3 Å². The van der Waals surface area contributed by atoms with E-state index in [9.17, 15) is 14.9 Å². The molecule has 2 aliphatic carbocycles. The van der Waals surface area contributed by atoms with Crippen LogP contribution in [0.25, 0.3) is 0 Å². The number of carbonyl (C=O) groups excluding carboxylic acids is 2. The second kappa shape index (κ2) is 7.40. The number of rotatable bonds is 3. The molecule has 0 aromatic carbocycles. The Morgan fingerprint density at radius 1 is 1.15 bits per heavy atom. The average molecular weight is 372 g/mol. The molecular weight excluding hydrogens is 346 g/mol. The highest BCUT2D eigenvalue weighted by Crippen LogP contribution is 2.38. The highest BCUT2D eigenvalue weighted by Gasteiger charge is 2.38. The molecule has 1 saturated carbocycles. The van der Waals surface area contributed by atoms with Crippen LogP contribution in [0.5, 0.6) is 0 Å². The van der Waals surface area contributed by atoms with E-state index in [0.29, 0.717) is 29.6 Å². The van der Waals surface area contributed by atoms with Crippen LogP contribution in [0, 0.1) is 17.2 Å². The number of thiophene rings is 1. The zero-order valence-corrected chi connectivity index (χ0v) is 15.9. The van der Waals surface area contributed by atoms with E-state index in [2.05, 4.69) is 11.4 Å². The third-order valence-corrected chi connectivity index (χ3v) is 7.27. The summed E-state index contributed by atoms with van der Waals surface area (Å²) in [6, 6.07) is 2.60. The predicted molar refractivity (Wildman–Crippen MR) is 101 cm³/mol. The standard InChI is InChI=1S/C20H25N3O2S/c21-11-16-15-8-4-5-9-17(15)26-20(16)22-19(25)13-10-18(24)23(12-13)14-6-2-1-3-7-14/h13-14H,1-10,12H2,(H,22,25)/t13-/m1/s1. The van der Waals surface area contributed by atoms with Gasteiger partial charge in [-0.05, 0) is 44.1 Å². The van der Waals surface area contributed by atoms with Crippen LogP contribution in [0.1, 0.15) is 67.4 Å². The van der Waals surface area contributed by atoms with Crippen molar-refractivity contribution >= 4 is 28.2 Å². The fraction of sp³-hybridized carbons (Fsp3) is 0.650. The molecule has 0 spiro atoms. The van der Waals surface area contributed by atoms with Gasteiger partial charge in [0.05, 0.1) is 11.5 Å². The SMILES string of the molecule is N#Cc1c(NC(=O)[C@@H]2CC(=O)N(C3CCCCC3)C2)sc2c1CCCC2. The first-order valence-electron chi connectivity index (χ1n) is 9.82. The third-order valence-electron chi connectivity index (χ3n) is 6.06. The van der Waals surface area contributed by atoms with E-state index < -0.39 is 0 Å². The molecule has 2 fully saturated rings. The zero-order chi connectivity index (χ0) is 18.1. The topological polar surface area (TPSA) is 73.2 Å². The molecule has 2 heterocycles. The third kappa shape index (κ3) is 3.25. The quantitative estimate of drug-likeness (QED) is 0.882. The summed E-state index contributed by atoms with van der Waals surface area (Å²) in [4.78, 5) is 28.4. The van der Waals surface area contributed by atoms with Crippen LogP contribution in [0.15, 0.2) is 0 Å². The highest BCUT2D eigenvalue weighted by atomic mass is 32.1. The first kappa shape index (κ1) is 17.5. The zero-order valence-electron chi connectivity index (χ0n) is 15.1. The molecule has 26 heavy (non-hydrogen) atoms. The van der Waals surface area contributed by atoms with Crippen LogP contribution in [-0.2, 0) is 22.4 Å². The second-order valence-corrected chi connectivity index (χ2v) is 8.86. The molecule has 1 aromatic rings. The van der Waals surface area contributed by atoms with E-state index in [1.165, 1.54) is 24.1 Å². The van der Waals surface area contributed by atoms with Crippen molar-refractivity contribution in [3.8, 4) is 6.07 Å². The van der Waals surface area contributed by atoms with Gasteiger partial charge >= 0.3 is 0 Å². The van der Waals surface area contributed by atoms with Gasteiger partial charge in [-0.3, -0.25) is 9.59 Å². The average Bonchev–Trinajstić information content (AvgIpc) is 3.22. The largest absolute Gasteiger partial charge is 0.339 e. The number of aryl methyl sites for hydroxylation is 1. The molecule has 2 amide bonds. The lowest BCUT2D eigenvalue weighted by Gasteiger charge is -2.31. The van der Waals surface area contributed by atoms with E-state index in [1.54, 1.807) is 11.3 Å². The van der Waals surface area contributed by atoms with Crippen molar-refractivity contribution in [1.29, 1.82) is 5.26 Å². The van der Waals surface area contributed by atoms with Crippen molar-refractivity contribution in [3.63, 3.8) is 0 Å². The van der Waals surface area contributed by atoms with Crippen LogP contribution in [0.4, 0.5) is 5.00 Å². The number of nitrogens with zero attached hydrogens (tertiary/aromatic N) is 2. The van der Waals surface area contributed by atoms with E-state index in [-0.39, 0.29) is 17.7 Å². The Bertz CT molecular complexity index is 758. The number of carbonyl (C=O) groups is 2. The molecule has 0 unspecified atom stereocenters. The fourth-order valence-electron chi connectivity index (χ4n) is 4.64. The second-order valence-electron chi connectivity index (χ2n) is 7.76. The van der Waals surface area contributed by atoms with Gasteiger partial charge in [0.1, 0.15) is 11.1 Å². The molecular formula is C20H25N3O2S. The summed E-state index contributed by atoms with van der Waals surface area (Å²) in [5.74, 6) is -0.287. The lowest BCUT2D eigenvalue weighted by Crippen LogP contribution is -2.38. The van der Waals surface area contributed by atoms with Crippen molar-refractivity contribution in [2.75, 3.05) is 11.9 Å². The summed E-state index contributed by atoms with van der Waals surface area (Å²) < 4.78 is 0. The summed E-state index contributed by atoms with van der Waals surface area (Å²) in [6.45, 7) is 0.530. The summed E-state index contributed by atoms with van der Waals surface area (Å²) in [7, 11) is 0. The van der Waals surface area contributed by atoms with Crippen molar-refractivity contribution in [1.82, 2.24) is 4.90 Å². The van der Waals surface area contributed by atoms with Gasteiger partial charge in [0, 0.05) is 23.9 Å². The Morgan fingerprint density at radius 2 is 1.92 bits per heavy atom. The molecule has 1 atom stereocenters. The van der Waals surface area contributed by atoms with Crippen LogP contribution in [0.2, 0.25) is 0 Å². The first-order chi connectivity index (χ1) is 12.7. The molecule has 1 aliphatic heterocycles. The number of nitriles is 1. The van der Waals surface area contributed by atoms with Crippen molar-refractivity contribution < 1.29 is 9.59 Å². The summed E-state index contributed by atoms with van der Waals surface area (Å²) in [6.07, 6.45) is 10.2. The van der Waals surface area contributed by atoms with Crippen LogP contribution in [0.3, 0.4) is 0 Å². The normalized spacial score (nSPS) is 23.6. The molecule has 0 radical (unpaired) electrons. The van der Waals surface area contributed by atoms with Gasteiger partial charge in [0.15, 0.2) is 0 Å². The minimum absolute atomic E-state index is 0.105. The molecule has 0 bridgehead atoms. The lowest BCUT2D eigenvalue weighted by molar-refractivity contribution is -0.130. The molecule has 1 saturated heterocycles. The van der Waals surface area contributed by atoms with E-state index >= 15 is 0 Å². The molecule has 1 aromatic heterocycles. The minimum atomic E-state index is -0.296. The Balaban J connectivity index is 1.45. The van der Waals surface area contributed by atoms with Gasteiger partial charge in [-0.25, -0.2) is 0 Å². The molecule has 4 rings (SSSR count). The number of anilines is 1. The molecule has 5 nitrogen and oxygen atoms in total. The first-order valence-corrected chi connectivity index (χ1v) is 10.6. The predicted octanol–water partition coefficient (Wildman–Crippen LogP) is 3.62. The summed E-state index contributed by atoms with van der Waals surface area (Å²) in [5, 5.41) is 13.2. The lowest BCUT2D eigenvalue weighted by atomic mass is 9.94. The monoisotopic (exact) mass is 371 g/mol. The van der Waals surface area contributed by atoms with Crippen LogP contribution < -0.4 is 5.32 Å². The van der Waals surface area contributed by atoms with E-state index in [4.69, 9.17) is 0 Å². The van der Waals surface area contributed by atoms with Gasteiger partial charge in [0.25, 0.3) is 0 Å². The van der Waals surface area contributed by atoms with Gasteiger partial charge < -0.3 is 10.2 Å². The van der Waals surface area contributed by atoms with Gasteiger partial charge in [-0.1, -0.05) is 19.3 Å². The number of nitrogens with one attached hydrogen (secondary N) is 1. The number of amides is 2. The van der Waals surface area contributed by atoms with Crippen molar-refractivity contribution in [3.05, 3.63) is 16.0 Å². The maximum absolute atomic E-state index is 12.8. The molecule has 3 aliphatic rings. The Hall–Kier alpha value is -1.87. The smallest absolute Gasteiger partial charge is 0.230 e. The van der Waals surface area contributed by atoms with Gasteiger partial charge in [0.2, 0.25) is 11.8 Å². The molecule has 6 heteroatoms. The van der Waals surface area contributed by atoms with Gasteiger partial charge in [-0.2, -0.15) is 5.26 Å². The minimum Gasteiger partial charge on any atom is -0.339 e. The number of hydrogen-bond donors (Lipinski definition) is 1. The summed E-state index contributed by atoms with van der Waals surface area (Å²) in [5.41, 5.74) is 1.77. The molecule has 1 N–H and O–H groups in total. The molecule has 138 valence electrons. The number of likely N-dealkylation sites (tertiary alicyclic amines) is 1. The van der Waals surface area contributed by atoms with Gasteiger partial charge in [-0.15, -0.1) is 11.3 Å². The maximum atomic E-state index is 12.8. The fourth-order valence-corrected chi connectivity index (χ4v) is 5.88. The number of hydrogen-bond acceptors (Lipinski definition) is 4. The Morgan fingerprint density at radius 3 is 2.69 bits per heavy atom. The van der Waals surface area contributed by atoms with E-state index in [1.807, 2.05) is 4.90 Å². The summed E-state index contributed by atoms with van der Waals surface area (Å²) >= 11 is 1.55. The van der Waals surface area contributed by atoms with Crippen molar-refractivity contribution in [2.24, 2.45) is 5.92 Å².